The van der Waals surface area contributed by atoms with Crippen LogP contribution in [0.2, 0.25) is 0 Å². The van der Waals surface area contributed by atoms with Crippen LogP contribution in [0.15, 0.2) is 18.2 Å². The molecule has 1 aromatic carbocycles. The molecule has 2 heterocycles. The van der Waals surface area contributed by atoms with E-state index in [1.54, 1.807) is 0 Å². The van der Waals surface area contributed by atoms with Crippen LogP contribution in [0.5, 0.6) is 0 Å². The van der Waals surface area contributed by atoms with Gasteiger partial charge in [0.2, 0.25) is 0 Å². The lowest BCUT2D eigenvalue weighted by atomic mass is 10.1. The Balaban J connectivity index is 1.58. The van der Waals surface area contributed by atoms with Crippen molar-refractivity contribution in [2.75, 3.05) is 30.7 Å². The van der Waals surface area contributed by atoms with Gasteiger partial charge in [-0.15, -0.1) is 0 Å². The molecule has 158 valence electrons. The van der Waals surface area contributed by atoms with Crippen molar-refractivity contribution in [3.8, 4) is 0 Å². The Morgan fingerprint density at radius 1 is 1.17 bits per heavy atom. The van der Waals surface area contributed by atoms with Crippen molar-refractivity contribution in [3.63, 3.8) is 0 Å². The van der Waals surface area contributed by atoms with Gasteiger partial charge < -0.3 is 25.1 Å². The Bertz CT molecular complexity index is 885. The molecule has 8 heteroatoms. The van der Waals surface area contributed by atoms with Crippen LogP contribution in [0.4, 0.5) is 5.69 Å². The Hall–Kier alpha value is -1.90. The predicted octanol–water partition coefficient (Wildman–Crippen LogP) is 2.73. The number of amides is 1. The van der Waals surface area contributed by atoms with Gasteiger partial charge in [-0.25, -0.2) is 0 Å². The van der Waals surface area contributed by atoms with Gasteiger partial charge in [0.25, 0.3) is 5.91 Å². The molecule has 1 aromatic heterocycles. The topological polar surface area (TPSA) is 100 Å². The van der Waals surface area contributed by atoms with E-state index in [1.165, 1.54) is 25.7 Å². The van der Waals surface area contributed by atoms with Crippen LogP contribution in [-0.4, -0.2) is 56.0 Å². The number of rotatable bonds is 8. The second-order valence-corrected chi connectivity index (χ2v) is 9.12. The Labute approximate surface area is 173 Å². The summed E-state index contributed by atoms with van der Waals surface area (Å²) in [4.78, 5) is 18.1. The largest absolute Gasteiger partial charge is 0.772 e. The molecule has 1 saturated carbocycles. The van der Waals surface area contributed by atoms with Crippen molar-refractivity contribution in [2.45, 2.75) is 51.1 Å². The number of aromatic nitrogens is 1. The molecular weight excluding hydrogens is 388 g/mol. The van der Waals surface area contributed by atoms with Crippen molar-refractivity contribution in [1.82, 2.24) is 15.2 Å². The minimum Gasteiger partial charge on any atom is -0.772 e. The minimum absolute atomic E-state index is 0.0723. The van der Waals surface area contributed by atoms with Gasteiger partial charge in [0.05, 0.1) is 11.2 Å². The fourth-order valence-electron chi connectivity index (χ4n) is 4.41. The molecule has 29 heavy (non-hydrogen) atoms. The molecule has 1 unspecified atom stereocenters. The van der Waals surface area contributed by atoms with Gasteiger partial charge in [-0.2, -0.15) is 0 Å². The fourth-order valence-corrected chi connectivity index (χ4v) is 4.72. The normalized spacial score (nSPS) is 18.6. The predicted molar refractivity (Wildman–Crippen MR) is 115 cm³/mol. The number of nitrogens with one attached hydrogen (secondary N) is 3. The summed E-state index contributed by atoms with van der Waals surface area (Å²) >= 11 is -2.03. The maximum Gasteiger partial charge on any atom is 0.270 e. The Kier molecular flexibility index (Phi) is 6.52. The molecule has 1 atom stereocenters. The SMILES string of the molecule is O=C(c1cc2cc(CNCCS(=O)[O-])cc(NC3CCCC3)c2[nH]1)N1CCCC1. The first-order chi connectivity index (χ1) is 14.1. The third kappa shape index (κ3) is 4.99. The van der Waals surface area contributed by atoms with Gasteiger partial charge >= 0.3 is 0 Å². The molecule has 2 aliphatic rings. The molecule has 7 nitrogen and oxygen atoms in total. The van der Waals surface area contributed by atoms with Crippen LogP contribution in [-0.2, 0) is 17.6 Å². The number of benzene rings is 1. The number of hydrogen-bond donors (Lipinski definition) is 3. The van der Waals surface area contributed by atoms with Crippen LogP contribution < -0.4 is 10.6 Å². The maximum absolute atomic E-state index is 12.8. The molecule has 3 N–H and O–H groups in total. The van der Waals surface area contributed by atoms with Gasteiger partial charge in [0.15, 0.2) is 0 Å². The highest BCUT2D eigenvalue weighted by atomic mass is 32.2. The fraction of sp³-hybridized carbons (Fsp3) is 0.571. The summed E-state index contributed by atoms with van der Waals surface area (Å²) in [6.45, 7) is 2.67. The summed E-state index contributed by atoms with van der Waals surface area (Å²) in [6.07, 6.45) is 6.98. The third-order valence-electron chi connectivity index (χ3n) is 5.90. The number of H-pyrrole nitrogens is 1. The van der Waals surface area contributed by atoms with E-state index >= 15 is 0 Å². The molecule has 2 fully saturated rings. The second kappa shape index (κ2) is 9.28. The van der Waals surface area contributed by atoms with Crippen molar-refractivity contribution in [1.29, 1.82) is 0 Å². The van der Waals surface area contributed by atoms with Crippen molar-refractivity contribution < 1.29 is 13.6 Å². The second-order valence-electron chi connectivity index (χ2n) is 8.10. The van der Waals surface area contributed by atoms with Crippen molar-refractivity contribution in [3.05, 3.63) is 29.5 Å². The van der Waals surface area contributed by atoms with E-state index in [9.17, 15) is 13.6 Å². The molecule has 2 aromatic rings. The summed E-state index contributed by atoms with van der Waals surface area (Å²) in [7, 11) is 0. The van der Waals surface area contributed by atoms with E-state index < -0.39 is 11.1 Å². The lowest BCUT2D eigenvalue weighted by Gasteiger charge is -2.16. The lowest BCUT2D eigenvalue weighted by molar-refractivity contribution is 0.0788. The van der Waals surface area contributed by atoms with Crippen LogP contribution in [0.25, 0.3) is 10.9 Å². The molecule has 1 aliphatic heterocycles. The number of fused-ring (bicyclic) bond motifs is 1. The number of likely N-dealkylation sites (tertiary alicyclic amines) is 1. The first kappa shape index (κ1) is 20.4. The quantitative estimate of drug-likeness (QED) is 0.453. The number of anilines is 1. The molecular formula is C21H29N4O3S-. The first-order valence-corrected chi connectivity index (χ1v) is 11.8. The molecule has 0 bridgehead atoms. The summed E-state index contributed by atoms with van der Waals surface area (Å²) in [6, 6.07) is 6.60. The van der Waals surface area contributed by atoms with Gasteiger partial charge in [0.1, 0.15) is 5.69 Å². The van der Waals surface area contributed by atoms with E-state index in [4.69, 9.17) is 0 Å². The highest BCUT2D eigenvalue weighted by molar-refractivity contribution is 7.79. The number of hydrogen-bond acceptors (Lipinski definition) is 5. The van der Waals surface area contributed by atoms with Crippen molar-refractivity contribution in [2.24, 2.45) is 0 Å². The maximum atomic E-state index is 12.8. The monoisotopic (exact) mass is 417 g/mol. The summed E-state index contributed by atoms with van der Waals surface area (Å²) in [5.41, 5.74) is 3.72. The molecule has 0 spiro atoms. The average Bonchev–Trinajstić information content (AvgIpc) is 3.45. The van der Waals surface area contributed by atoms with Gasteiger partial charge in [-0.05, 0) is 49.4 Å². The summed E-state index contributed by atoms with van der Waals surface area (Å²) in [5.74, 6) is 0.178. The van der Waals surface area contributed by atoms with Gasteiger partial charge in [0, 0.05) is 43.4 Å². The number of aromatic amines is 1. The zero-order valence-electron chi connectivity index (χ0n) is 16.7. The Morgan fingerprint density at radius 3 is 2.66 bits per heavy atom. The first-order valence-electron chi connectivity index (χ1n) is 10.6. The standard InChI is InChI=1S/C21H30N4O3S/c26-21(25-8-3-4-9-25)19-13-16-11-15(14-22-7-10-29(27)28)12-18(20(16)24-19)23-17-5-1-2-6-17/h11-13,17,22-24H,1-10,14H2,(H,27,28)/p-1. The number of carbonyl (C=O) groups is 1. The number of nitrogens with zero attached hydrogens (tertiary/aromatic N) is 1. The zero-order chi connectivity index (χ0) is 20.2. The third-order valence-corrected chi connectivity index (χ3v) is 6.44. The van der Waals surface area contributed by atoms with Gasteiger partial charge in [-0.1, -0.05) is 23.9 Å². The smallest absolute Gasteiger partial charge is 0.270 e. The average molecular weight is 418 g/mol. The highest BCUT2D eigenvalue weighted by Crippen LogP contribution is 2.30. The highest BCUT2D eigenvalue weighted by Gasteiger charge is 2.22. The molecule has 4 rings (SSSR count). The van der Waals surface area contributed by atoms with Crippen LogP contribution >= 0.6 is 0 Å². The van der Waals surface area contributed by atoms with Crippen LogP contribution in [0.1, 0.15) is 54.6 Å². The number of carbonyl (C=O) groups excluding carboxylic acids is 1. The Morgan fingerprint density at radius 2 is 1.93 bits per heavy atom. The van der Waals surface area contributed by atoms with Crippen molar-refractivity contribution >= 4 is 33.6 Å². The summed E-state index contributed by atoms with van der Waals surface area (Å²) in [5, 5.41) is 7.87. The van der Waals surface area contributed by atoms with Crippen LogP contribution in [0.3, 0.4) is 0 Å². The molecule has 1 aliphatic carbocycles. The lowest BCUT2D eigenvalue weighted by Crippen LogP contribution is -2.27. The zero-order valence-corrected chi connectivity index (χ0v) is 17.5. The van der Waals surface area contributed by atoms with E-state index in [2.05, 4.69) is 27.8 Å². The molecule has 1 saturated heterocycles. The summed E-state index contributed by atoms with van der Waals surface area (Å²) < 4.78 is 21.4. The van der Waals surface area contributed by atoms with Gasteiger partial charge in [-0.3, -0.25) is 9.00 Å². The van der Waals surface area contributed by atoms with Crippen LogP contribution in [0, 0.1) is 0 Å². The molecule has 0 radical (unpaired) electrons. The van der Waals surface area contributed by atoms with E-state index in [0.29, 0.717) is 24.8 Å². The van der Waals surface area contributed by atoms with E-state index in [0.717, 1.165) is 48.1 Å². The molecule has 1 amide bonds. The van der Waals surface area contributed by atoms with E-state index in [-0.39, 0.29) is 11.7 Å². The minimum atomic E-state index is -2.03. The van der Waals surface area contributed by atoms with E-state index in [1.807, 2.05) is 11.0 Å².